The highest BCUT2D eigenvalue weighted by Gasteiger charge is 2.26. The van der Waals surface area contributed by atoms with Crippen molar-refractivity contribution in [1.29, 1.82) is 0 Å². The van der Waals surface area contributed by atoms with Crippen molar-refractivity contribution < 1.29 is 14.2 Å². The van der Waals surface area contributed by atoms with Gasteiger partial charge in [0, 0.05) is 42.1 Å². The van der Waals surface area contributed by atoms with E-state index in [1.807, 2.05) is 24.3 Å². The zero-order valence-electron chi connectivity index (χ0n) is 17.5. The Balaban J connectivity index is 1.28. The molecular formula is C23H21N5O4. The third kappa shape index (κ3) is 3.73. The van der Waals surface area contributed by atoms with Crippen molar-refractivity contribution >= 4 is 22.4 Å². The summed E-state index contributed by atoms with van der Waals surface area (Å²) < 4.78 is 11.0. The van der Waals surface area contributed by atoms with Crippen molar-refractivity contribution in [3.05, 3.63) is 70.6 Å². The van der Waals surface area contributed by atoms with Crippen LogP contribution in [0.15, 0.2) is 59.1 Å². The van der Waals surface area contributed by atoms with Crippen molar-refractivity contribution in [3.8, 4) is 17.1 Å². The number of non-ortho nitro benzene ring substituents is 1. The molecule has 2 aromatic carbocycles. The predicted molar refractivity (Wildman–Crippen MR) is 119 cm³/mol. The molecule has 0 spiro atoms. The Hall–Kier alpha value is -4.01. The van der Waals surface area contributed by atoms with Crippen LogP contribution in [0.4, 0.5) is 11.5 Å². The molecule has 0 aliphatic carbocycles. The number of pyridine rings is 1. The van der Waals surface area contributed by atoms with E-state index >= 15 is 0 Å². The van der Waals surface area contributed by atoms with Crippen LogP contribution in [0.5, 0.6) is 5.75 Å². The molecule has 9 heteroatoms. The Morgan fingerprint density at radius 2 is 1.84 bits per heavy atom. The van der Waals surface area contributed by atoms with Gasteiger partial charge >= 0.3 is 0 Å². The lowest BCUT2D eigenvalue weighted by molar-refractivity contribution is -0.384. The minimum atomic E-state index is -0.431. The van der Waals surface area contributed by atoms with Crippen LogP contribution in [0, 0.1) is 10.1 Å². The van der Waals surface area contributed by atoms with Gasteiger partial charge < -0.3 is 14.2 Å². The predicted octanol–water partition coefficient (Wildman–Crippen LogP) is 4.59. The quantitative estimate of drug-likeness (QED) is 0.334. The average molecular weight is 431 g/mol. The molecule has 0 N–H and O–H groups in total. The van der Waals surface area contributed by atoms with E-state index in [9.17, 15) is 10.1 Å². The van der Waals surface area contributed by atoms with Gasteiger partial charge in [0.15, 0.2) is 0 Å². The van der Waals surface area contributed by atoms with Crippen LogP contribution < -0.4 is 9.64 Å². The number of para-hydroxylation sites is 1. The summed E-state index contributed by atoms with van der Waals surface area (Å²) in [5.74, 6) is 2.91. The van der Waals surface area contributed by atoms with E-state index in [2.05, 4.69) is 21.1 Å². The maximum Gasteiger partial charge on any atom is 0.269 e. The molecule has 0 bridgehead atoms. The van der Waals surface area contributed by atoms with Crippen molar-refractivity contribution in [2.75, 3.05) is 25.1 Å². The Morgan fingerprint density at radius 1 is 1.06 bits per heavy atom. The minimum Gasteiger partial charge on any atom is -0.494 e. The van der Waals surface area contributed by atoms with Gasteiger partial charge in [-0.1, -0.05) is 17.3 Å². The van der Waals surface area contributed by atoms with Gasteiger partial charge in [-0.3, -0.25) is 10.1 Å². The fourth-order valence-electron chi connectivity index (χ4n) is 4.06. The van der Waals surface area contributed by atoms with Crippen LogP contribution >= 0.6 is 0 Å². The molecule has 0 amide bonds. The summed E-state index contributed by atoms with van der Waals surface area (Å²) in [6.45, 7) is 1.65. The standard InChI is InChI=1S/C23H21N5O4/c1-31-19-4-2-3-15-7-10-20(24-21(15)19)27-13-11-17(12-14-27)23-25-22(26-32-23)16-5-8-18(9-6-16)28(29)30/h2-10,17H,11-14H2,1H3. The molecule has 2 aromatic heterocycles. The molecule has 1 fully saturated rings. The number of hydrogen-bond donors (Lipinski definition) is 0. The average Bonchev–Trinajstić information content (AvgIpc) is 3.34. The van der Waals surface area contributed by atoms with Gasteiger partial charge in [0.05, 0.1) is 12.0 Å². The zero-order valence-corrected chi connectivity index (χ0v) is 17.5. The Labute approximate surface area is 183 Å². The zero-order chi connectivity index (χ0) is 22.1. The molecule has 4 aromatic rings. The van der Waals surface area contributed by atoms with E-state index in [1.54, 1.807) is 19.2 Å². The molecular weight excluding hydrogens is 410 g/mol. The van der Waals surface area contributed by atoms with Gasteiger partial charge in [-0.05, 0) is 43.2 Å². The van der Waals surface area contributed by atoms with Crippen LogP contribution in [0.25, 0.3) is 22.3 Å². The molecule has 9 nitrogen and oxygen atoms in total. The summed E-state index contributed by atoms with van der Waals surface area (Å²) in [4.78, 5) is 22.0. The van der Waals surface area contributed by atoms with Gasteiger partial charge in [-0.25, -0.2) is 4.98 Å². The van der Waals surface area contributed by atoms with E-state index in [0.29, 0.717) is 17.3 Å². The highest BCUT2D eigenvalue weighted by Crippen LogP contribution is 2.32. The number of benzene rings is 2. The smallest absolute Gasteiger partial charge is 0.269 e. The molecule has 1 aliphatic rings. The Kier molecular flexibility index (Phi) is 5.14. The third-order valence-corrected chi connectivity index (χ3v) is 5.83. The van der Waals surface area contributed by atoms with E-state index in [-0.39, 0.29) is 11.6 Å². The molecule has 5 rings (SSSR count). The van der Waals surface area contributed by atoms with E-state index in [4.69, 9.17) is 14.2 Å². The number of ether oxygens (including phenoxy) is 1. The lowest BCUT2D eigenvalue weighted by Gasteiger charge is -2.31. The van der Waals surface area contributed by atoms with Crippen molar-refractivity contribution in [2.45, 2.75) is 18.8 Å². The number of methoxy groups -OCH3 is 1. The topological polar surface area (TPSA) is 107 Å². The van der Waals surface area contributed by atoms with Crippen LogP contribution in [-0.2, 0) is 0 Å². The maximum atomic E-state index is 10.8. The summed E-state index contributed by atoms with van der Waals surface area (Å²) in [6.07, 6.45) is 1.74. The second-order valence-electron chi connectivity index (χ2n) is 7.72. The Bertz CT molecular complexity index is 1260. The normalized spacial score (nSPS) is 14.6. The molecule has 32 heavy (non-hydrogen) atoms. The summed E-state index contributed by atoms with van der Waals surface area (Å²) in [5, 5.41) is 15.9. The third-order valence-electron chi connectivity index (χ3n) is 5.83. The first-order valence-electron chi connectivity index (χ1n) is 10.4. The second-order valence-corrected chi connectivity index (χ2v) is 7.72. The highest BCUT2D eigenvalue weighted by atomic mass is 16.6. The van der Waals surface area contributed by atoms with Gasteiger partial charge in [-0.2, -0.15) is 4.98 Å². The molecule has 162 valence electrons. The van der Waals surface area contributed by atoms with Gasteiger partial charge in [-0.15, -0.1) is 0 Å². The first-order chi connectivity index (χ1) is 15.6. The Morgan fingerprint density at radius 3 is 2.56 bits per heavy atom. The fourth-order valence-corrected chi connectivity index (χ4v) is 4.06. The van der Waals surface area contributed by atoms with Crippen LogP contribution in [0.1, 0.15) is 24.7 Å². The van der Waals surface area contributed by atoms with Gasteiger partial charge in [0.25, 0.3) is 5.69 Å². The fraction of sp³-hybridized carbons (Fsp3) is 0.261. The number of hydrogen-bond acceptors (Lipinski definition) is 8. The maximum absolute atomic E-state index is 10.8. The lowest BCUT2D eigenvalue weighted by Crippen LogP contribution is -2.33. The number of fused-ring (bicyclic) bond motifs is 1. The SMILES string of the molecule is COc1cccc2ccc(N3CCC(c4nc(-c5ccc([N+](=O)[O-])cc5)no4)CC3)nc12. The van der Waals surface area contributed by atoms with Crippen molar-refractivity contribution in [2.24, 2.45) is 0 Å². The number of rotatable bonds is 5. The van der Waals surface area contributed by atoms with Crippen molar-refractivity contribution in [3.63, 3.8) is 0 Å². The first kappa shape index (κ1) is 19.9. The number of nitrogens with zero attached hydrogens (tertiary/aromatic N) is 5. The van der Waals surface area contributed by atoms with E-state index in [0.717, 1.165) is 48.4 Å². The van der Waals surface area contributed by atoms with E-state index < -0.39 is 4.92 Å². The largest absolute Gasteiger partial charge is 0.494 e. The number of nitro groups is 1. The van der Waals surface area contributed by atoms with E-state index in [1.165, 1.54) is 12.1 Å². The molecule has 1 aliphatic heterocycles. The van der Waals surface area contributed by atoms with Gasteiger partial charge in [0.1, 0.15) is 17.1 Å². The number of aromatic nitrogens is 3. The summed E-state index contributed by atoms with van der Waals surface area (Å²) in [5.41, 5.74) is 1.58. The van der Waals surface area contributed by atoms with Crippen molar-refractivity contribution in [1.82, 2.24) is 15.1 Å². The molecule has 0 unspecified atom stereocenters. The molecule has 1 saturated heterocycles. The molecule has 0 radical (unpaired) electrons. The number of anilines is 1. The minimum absolute atomic E-state index is 0.0322. The van der Waals surface area contributed by atoms with Crippen LogP contribution in [-0.4, -0.2) is 40.2 Å². The highest BCUT2D eigenvalue weighted by molar-refractivity contribution is 5.86. The van der Waals surface area contributed by atoms with Crippen LogP contribution in [0.3, 0.4) is 0 Å². The number of nitro benzene ring substituents is 1. The van der Waals surface area contributed by atoms with Crippen LogP contribution in [0.2, 0.25) is 0 Å². The first-order valence-corrected chi connectivity index (χ1v) is 10.4. The lowest BCUT2D eigenvalue weighted by atomic mass is 9.96. The summed E-state index contributed by atoms with van der Waals surface area (Å²) in [7, 11) is 1.66. The monoisotopic (exact) mass is 431 g/mol. The molecule has 0 atom stereocenters. The summed E-state index contributed by atoms with van der Waals surface area (Å²) in [6, 6.07) is 16.2. The second kappa shape index (κ2) is 8.26. The molecule has 0 saturated carbocycles. The number of piperidine rings is 1. The molecule has 3 heterocycles. The summed E-state index contributed by atoms with van der Waals surface area (Å²) >= 11 is 0. The van der Waals surface area contributed by atoms with Gasteiger partial charge in [0.2, 0.25) is 11.7 Å².